The Bertz CT molecular complexity index is 405. The first kappa shape index (κ1) is 17.4. The van der Waals surface area contributed by atoms with Crippen molar-refractivity contribution in [3.05, 3.63) is 0 Å². The van der Waals surface area contributed by atoms with Gasteiger partial charge in [-0.3, -0.25) is 4.79 Å². The first-order valence-corrected chi connectivity index (χ1v) is 8.72. The lowest BCUT2D eigenvalue weighted by Crippen LogP contribution is -2.49. The SMILES string of the molecule is CCNC(CCN1CCN(S(C)(=O)=O)CC1)C(=O)OC. The molecule has 7 nitrogen and oxygen atoms in total. The van der Waals surface area contributed by atoms with Crippen molar-refractivity contribution >= 4 is 16.0 Å². The third-order valence-electron chi connectivity index (χ3n) is 3.47. The van der Waals surface area contributed by atoms with Gasteiger partial charge in [0.1, 0.15) is 6.04 Å². The number of nitrogens with one attached hydrogen (secondary N) is 1. The highest BCUT2D eigenvalue weighted by molar-refractivity contribution is 7.88. The summed E-state index contributed by atoms with van der Waals surface area (Å²) in [4.78, 5) is 13.7. The van der Waals surface area contributed by atoms with Gasteiger partial charge < -0.3 is 15.0 Å². The molecule has 0 saturated carbocycles. The van der Waals surface area contributed by atoms with Crippen LogP contribution < -0.4 is 5.32 Å². The zero-order valence-electron chi connectivity index (χ0n) is 12.5. The maximum absolute atomic E-state index is 11.6. The molecule has 0 aromatic heterocycles. The standard InChI is InChI=1S/C12H25N3O4S/c1-4-13-11(12(16)19-2)5-6-14-7-9-15(10-8-14)20(3,17)18/h11,13H,4-10H2,1-3H3. The number of hydrogen-bond acceptors (Lipinski definition) is 6. The van der Waals surface area contributed by atoms with Crippen LogP contribution in [0.1, 0.15) is 13.3 Å². The Morgan fingerprint density at radius 2 is 1.90 bits per heavy atom. The van der Waals surface area contributed by atoms with E-state index in [1.165, 1.54) is 17.7 Å². The van der Waals surface area contributed by atoms with Gasteiger partial charge in [0.05, 0.1) is 13.4 Å². The summed E-state index contributed by atoms with van der Waals surface area (Å²) >= 11 is 0. The molecule has 1 fully saturated rings. The molecular weight excluding hydrogens is 282 g/mol. The molecule has 118 valence electrons. The van der Waals surface area contributed by atoms with E-state index in [-0.39, 0.29) is 12.0 Å². The maximum atomic E-state index is 11.6. The minimum Gasteiger partial charge on any atom is -0.468 e. The van der Waals surface area contributed by atoms with Gasteiger partial charge in [-0.05, 0) is 13.0 Å². The van der Waals surface area contributed by atoms with Gasteiger partial charge in [0.2, 0.25) is 10.0 Å². The summed E-state index contributed by atoms with van der Waals surface area (Å²) in [5, 5.41) is 3.10. The minimum atomic E-state index is -3.09. The summed E-state index contributed by atoms with van der Waals surface area (Å²) in [6, 6.07) is -0.294. The quantitative estimate of drug-likeness (QED) is 0.615. The largest absolute Gasteiger partial charge is 0.468 e. The molecule has 0 aromatic rings. The third kappa shape index (κ3) is 5.35. The number of sulfonamides is 1. The van der Waals surface area contributed by atoms with E-state index in [2.05, 4.69) is 10.2 Å². The van der Waals surface area contributed by atoms with Crippen molar-refractivity contribution in [2.24, 2.45) is 0 Å². The molecule has 0 spiro atoms. The highest BCUT2D eigenvalue weighted by atomic mass is 32.2. The fourth-order valence-corrected chi connectivity index (χ4v) is 3.11. The van der Waals surface area contributed by atoms with E-state index in [0.717, 1.165) is 6.54 Å². The van der Waals surface area contributed by atoms with Gasteiger partial charge in [-0.25, -0.2) is 8.42 Å². The number of rotatable bonds is 7. The molecule has 1 aliphatic rings. The molecule has 0 bridgehead atoms. The average molecular weight is 307 g/mol. The van der Waals surface area contributed by atoms with Crippen molar-refractivity contribution in [1.82, 2.24) is 14.5 Å². The highest BCUT2D eigenvalue weighted by Crippen LogP contribution is 2.07. The number of nitrogens with zero attached hydrogens (tertiary/aromatic N) is 2. The Labute approximate surface area is 121 Å². The number of piperazine rings is 1. The van der Waals surface area contributed by atoms with E-state index in [9.17, 15) is 13.2 Å². The van der Waals surface area contributed by atoms with Crippen LogP contribution in [0.4, 0.5) is 0 Å². The van der Waals surface area contributed by atoms with Gasteiger partial charge in [-0.15, -0.1) is 0 Å². The summed E-state index contributed by atoms with van der Waals surface area (Å²) in [7, 11) is -1.70. The molecule has 0 amide bonds. The summed E-state index contributed by atoms with van der Waals surface area (Å²) in [5.41, 5.74) is 0. The maximum Gasteiger partial charge on any atom is 0.322 e. The number of ether oxygens (including phenoxy) is 1. The molecule has 0 radical (unpaired) electrons. The highest BCUT2D eigenvalue weighted by Gasteiger charge is 2.25. The molecule has 8 heteroatoms. The number of carbonyl (C=O) groups is 1. The minimum absolute atomic E-state index is 0.248. The van der Waals surface area contributed by atoms with Gasteiger partial charge in [0.15, 0.2) is 0 Å². The van der Waals surface area contributed by atoms with Crippen LogP contribution in [0.3, 0.4) is 0 Å². The van der Waals surface area contributed by atoms with E-state index in [1.54, 1.807) is 0 Å². The summed E-state index contributed by atoms with van der Waals surface area (Å²) in [5.74, 6) is -0.248. The summed E-state index contributed by atoms with van der Waals surface area (Å²) < 4.78 is 29.1. The number of hydrogen-bond donors (Lipinski definition) is 1. The van der Waals surface area contributed by atoms with Crippen molar-refractivity contribution in [3.8, 4) is 0 Å². The zero-order valence-corrected chi connectivity index (χ0v) is 13.3. The zero-order chi connectivity index (χ0) is 15.2. The van der Waals surface area contributed by atoms with Gasteiger partial charge in [0.25, 0.3) is 0 Å². The van der Waals surface area contributed by atoms with E-state index in [0.29, 0.717) is 39.1 Å². The molecule has 1 heterocycles. The Morgan fingerprint density at radius 1 is 1.30 bits per heavy atom. The second-order valence-electron chi connectivity index (χ2n) is 4.93. The molecule has 1 N–H and O–H groups in total. The second-order valence-corrected chi connectivity index (χ2v) is 6.91. The van der Waals surface area contributed by atoms with Crippen molar-refractivity contribution in [1.29, 1.82) is 0 Å². The molecular formula is C12H25N3O4S. The van der Waals surface area contributed by atoms with Crippen LogP contribution in [0, 0.1) is 0 Å². The molecule has 1 atom stereocenters. The van der Waals surface area contributed by atoms with Crippen molar-refractivity contribution in [3.63, 3.8) is 0 Å². The van der Waals surface area contributed by atoms with Crippen LogP contribution in [0.2, 0.25) is 0 Å². The lowest BCUT2D eigenvalue weighted by molar-refractivity contribution is -0.143. The lowest BCUT2D eigenvalue weighted by atomic mass is 10.2. The normalized spacial score (nSPS) is 19.8. The topological polar surface area (TPSA) is 79.0 Å². The van der Waals surface area contributed by atoms with E-state index in [1.807, 2.05) is 6.92 Å². The monoisotopic (exact) mass is 307 g/mol. The lowest BCUT2D eigenvalue weighted by Gasteiger charge is -2.33. The second kappa shape index (κ2) is 7.92. The Hall–Kier alpha value is -0.700. The van der Waals surface area contributed by atoms with Crippen LogP contribution in [-0.2, 0) is 19.6 Å². The Kier molecular flexibility index (Phi) is 6.87. The number of methoxy groups -OCH3 is 1. The molecule has 1 unspecified atom stereocenters. The van der Waals surface area contributed by atoms with Gasteiger partial charge in [-0.1, -0.05) is 6.92 Å². The molecule has 1 rings (SSSR count). The molecule has 0 aromatic carbocycles. The average Bonchev–Trinajstić information content (AvgIpc) is 2.42. The third-order valence-corrected chi connectivity index (χ3v) is 4.77. The molecule has 0 aliphatic carbocycles. The van der Waals surface area contributed by atoms with E-state index >= 15 is 0 Å². The summed E-state index contributed by atoms with van der Waals surface area (Å²) in [6.45, 7) is 5.85. The van der Waals surface area contributed by atoms with Gasteiger partial charge in [-0.2, -0.15) is 4.31 Å². The van der Waals surface area contributed by atoms with Crippen LogP contribution in [0.25, 0.3) is 0 Å². The first-order chi connectivity index (χ1) is 9.38. The van der Waals surface area contributed by atoms with Gasteiger partial charge >= 0.3 is 5.97 Å². The van der Waals surface area contributed by atoms with E-state index in [4.69, 9.17) is 4.74 Å². The van der Waals surface area contributed by atoms with Crippen molar-refractivity contribution in [2.45, 2.75) is 19.4 Å². The molecule has 1 aliphatic heterocycles. The summed E-state index contributed by atoms with van der Waals surface area (Å²) in [6.07, 6.45) is 1.90. The van der Waals surface area contributed by atoms with Crippen molar-refractivity contribution in [2.75, 3.05) is 52.6 Å². The molecule has 20 heavy (non-hydrogen) atoms. The smallest absolute Gasteiger partial charge is 0.322 e. The number of likely N-dealkylation sites (N-methyl/N-ethyl adjacent to an activating group) is 1. The van der Waals surface area contributed by atoms with Crippen LogP contribution in [0.5, 0.6) is 0 Å². The first-order valence-electron chi connectivity index (χ1n) is 6.87. The van der Waals surface area contributed by atoms with Crippen LogP contribution in [-0.4, -0.2) is 82.3 Å². The Balaban J connectivity index is 2.38. The van der Waals surface area contributed by atoms with Gasteiger partial charge in [0, 0.05) is 32.7 Å². The predicted octanol–water partition coefficient (Wildman–Crippen LogP) is -0.895. The fraction of sp³-hybridized carbons (Fsp3) is 0.917. The predicted molar refractivity (Wildman–Crippen MR) is 77.0 cm³/mol. The number of carbonyl (C=O) groups excluding carboxylic acids is 1. The number of esters is 1. The van der Waals surface area contributed by atoms with Crippen molar-refractivity contribution < 1.29 is 17.9 Å². The van der Waals surface area contributed by atoms with Crippen LogP contribution >= 0.6 is 0 Å². The molecule has 1 saturated heterocycles. The van der Waals surface area contributed by atoms with E-state index < -0.39 is 10.0 Å². The van der Waals surface area contributed by atoms with Crippen LogP contribution in [0.15, 0.2) is 0 Å². The fourth-order valence-electron chi connectivity index (χ4n) is 2.29. The Morgan fingerprint density at radius 3 is 2.35 bits per heavy atom.